The van der Waals surface area contributed by atoms with Crippen LogP contribution in [0.15, 0.2) is 18.2 Å². The number of anilines is 1. The summed E-state index contributed by atoms with van der Waals surface area (Å²) in [6.07, 6.45) is 0. The van der Waals surface area contributed by atoms with Crippen LogP contribution < -0.4 is 5.32 Å². The molecule has 108 valence electrons. The van der Waals surface area contributed by atoms with Gasteiger partial charge in [0, 0.05) is 13.1 Å². The maximum atomic E-state index is 13.2. The van der Waals surface area contributed by atoms with Crippen LogP contribution in [0.4, 0.5) is 14.9 Å². The minimum absolute atomic E-state index is 0.0188. The van der Waals surface area contributed by atoms with Gasteiger partial charge in [-0.3, -0.25) is 0 Å². The van der Waals surface area contributed by atoms with E-state index in [1.165, 1.54) is 0 Å². The molecule has 5 nitrogen and oxygen atoms in total. The summed E-state index contributed by atoms with van der Waals surface area (Å²) in [4.78, 5) is 24.8. The molecule has 20 heavy (non-hydrogen) atoms. The summed E-state index contributed by atoms with van der Waals surface area (Å²) in [5, 5.41) is 11.5. The first-order valence-corrected chi connectivity index (χ1v) is 6.47. The fourth-order valence-electron chi connectivity index (χ4n) is 2.30. The Balaban J connectivity index is 2.16. The Hall–Kier alpha value is -2.11. The predicted octanol–water partition coefficient (Wildman–Crippen LogP) is 2.64. The summed E-state index contributed by atoms with van der Waals surface area (Å²) < 4.78 is 13.2. The molecule has 0 aromatic heterocycles. The third-order valence-electron chi connectivity index (χ3n) is 3.73. The largest absolute Gasteiger partial charge is 0.478 e. The van der Waals surface area contributed by atoms with Gasteiger partial charge in [0.2, 0.25) is 0 Å². The number of likely N-dealkylation sites (tertiary alicyclic amines) is 1. The molecule has 1 aromatic carbocycles. The number of carboxylic acid groups (broad SMARTS) is 1. The van der Waals surface area contributed by atoms with Crippen LogP contribution in [0.2, 0.25) is 0 Å². The lowest BCUT2D eigenvalue weighted by molar-refractivity contribution is 0.0698. The van der Waals surface area contributed by atoms with Gasteiger partial charge in [-0.25, -0.2) is 14.0 Å². The zero-order valence-electron chi connectivity index (χ0n) is 11.4. The van der Waals surface area contributed by atoms with Crippen LogP contribution in [0.1, 0.15) is 24.2 Å². The number of nitrogens with one attached hydrogen (secondary N) is 1. The number of hydrogen-bond donors (Lipinski definition) is 2. The third kappa shape index (κ3) is 2.89. The van der Waals surface area contributed by atoms with Gasteiger partial charge in [0.25, 0.3) is 0 Å². The molecule has 0 aliphatic carbocycles. The number of nitrogens with zero attached hydrogens (tertiary/aromatic N) is 1. The number of urea groups is 1. The molecule has 2 N–H and O–H groups in total. The van der Waals surface area contributed by atoms with Gasteiger partial charge in [-0.2, -0.15) is 0 Å². The Morgan fingerprint density at radius 2 is 1.90 bits per heavy atom. The molecular formula is C14H17FN2O3. The first-order valence-electron chi connectivity index (χ1n) is 6.47. The smallest absolute Gasteiger partial charge is 0.337 e. The van der Waals surface area contributed by atoms with Crippen LogP contribution in [0.5, 0.6) is 0 Å². The summed E-state index contributed by atoms with van der Waals surface area (Å²) in [5.41, 5.74) is -0.144. The second kappa shape index (κ2) is 5.48. The van der Waals surface area contributed by atoms with Crippen LogP contribution in [0, 0.1) is 17.7 Å². The minimum Gasteiger partial charge on any atom is -0.478 e. The highest BCUT2D eigenvalue weighted by Crippen LogP contribution is 2.24. The SMILES string of the molecule is CC1CN(C(=O)Nc2cc(F)ccc2C(=O)O)CC1C. The van der Waals surface area contributed by atoms with Crippen molar-refractivity contribution in [3.8, 4) is 0 Å². The Labute approximate surface area is 116 Å². The van der Waals surface area contributed by atoms with E-state index in [0.717, 1.165) is 18.2 Å². The second-order valence-corrected chi connectivity index (χ2v) is 5.28. The molecule has 2 unspecified atom stereocenters. The zero-order valence-corrected chi connectivity index (χ0v) is 11.4. The highest BCUT2D eigenvalue weighted by atomic mass is 19.1. The highest BCUT2D eigenvalue weighted by molar-refractivity contribution is 6.00. The lowest BCUT2D eigenvalue weighted by atomic mass is 10.0. The molecule has 1 fully saturated rings. The number of rotatable bonds is 2. The molecule has 1 aliphatic heterocycles. The molecular weight excluding hydrogens is 263 g/mol. The van der Waals surface area contributed by atoms with Crippen LogP contribution in [0.3, 0.4) is 0 Å². The molecule has 2 rings (SSSR count). The van der Waals surface area contributed by atoms with Crippen molar-refractivity contribution in [2.75, 3.05) is 18.4 Å². The van der Waals surface area contributed by atoms with Gasteiger partial charge in [0.1, 0.15) is 5.82 Å². The fraction of sp³-hybridized carbons (Fsp3) is 0.429. The van der Waals surface area contributed by atoms with Crippen LogP contribution in [-0.4, -0.2) is 35.1 Å². The van der Waals surface area contributed by atoms with Crippen molar-refractivity contribution < 1.29 is 19.1 Å². The lowest BCUT2D eigenvalue weighted by Crippen LogP contribution is -2.33. The molecule has 1 aliphatic rings. The van der Waals surface area contributed by atoms with Gasteiger partial charge >= 0.3 is 12.0 Å². The van der Waals surface area contributed by atoms with Gasteiger partial charge in [0.15, 0.2) is 0 Å². The topological polar surface area (TPSA) is 69.6 Å². The Bertz CT molecular complexity index is 537. The average Bonchev–Trinajstić information content (AvgIpc) is 2.69. The average molecular weight is 280 g/mol. The summed E-state index contributed by atoms with van der Waals surface area (Å²) in [6.45, 7) is 5.35. The molecule has 1 aromatic rings. The molecule has 0 saturated carbocycles. The molecule has 0 bridgehead atoms. The van der Waals surface area contributed by atoms with E-state index in [1.54, 1.807) is 4.90 Å². The Morgan fingerprint density at radius 1 is 1.30 bits per heavy atom. The van der Waals surface area contributed by atoms with E-state index in [4.69, 9.17) is 5.11 Å². The molecule has 0 radical (unpaired) electrons. The number of amides is 2. The van der Waals surface area contributed by atoms with Crippen LogP contribution in [0.25, 0.3) is 0 Å². The van der Waals surface area contributed by atoms with Gasteiger partial charge in [-0.15, -0.1) is 0 Å². The number of hydrogen-bond acceptors (Lipinski definition) is 2. The second-order valence-electron chi connectivity index (χ2n) is 5.28. The Kier molecular flexibility index (Phi) is 3.92. The quantitative estimate of drug-likeness (QED) is 0.875. The van der Waals surface area contributed by atoms with Gasteiger partial charge in [-0.1, -0.05) is 13.8 Å². The maximum Gasteiger partial charge on any atom is 0.337 e. The molecule has 6 heteroatoms. The van der Waals surface area contributed by atoms with E-state index in [-0.39, 0.29) is 11.3 Å². The molecule has 2 atom stereocenters. The van der Waals surface area contributed by atoms with Crippen molar-refractivity contribution >= 4 is 17.7 Å². The van der Waals surface area contributed by atoms with Crippen LogP contribution >= 0.6 is 0 Å². The zero-order chi connectivity index (χ0) is 14.9. The van der Waals surface area contributed by atoms with Crippen molar-refractivity contribution in [3.05, 3.63) is 29.6 Å². The lowest BCUT2D eigenvalue weighted by Gasteiger charge is -2.18. The minimum atomic E-state index is -1.21. The highest BCUT2D eigenvalue weighted by Gasteiger charge is 2.29. The number of halogens is 1. The van der Waals surface area contributed by atoms with Crippen LogP contribution in [-0.2, 0) is 0 Å². The number of benzene rings is 1. The van der Waals surface area contributed by atoms with Crippen molar-refractivity contribution in [1.29, 1.82) is 0 Å². The number of aromatic carboxylic acids is 1. The molecule has 1 saturated heterocycles. The normalized spacial score (nSPS) is 21.9. The first kappa shape index (κ1) is 14.3. The van der Waals surface area contributed by atoms with Crippen molar-refractivity contribution in [2.24, 2.45) is 11.8 Å². The van der Waals surface area contributed by atoms with Crippen molar-refractivity contribution in [1.82, 2.24) is 4.90 Å². The van der Waals surface area contributed by atoms with E-state index in [2.05, 4.69) is 19.2 Å². The maximum absolute atomic E-state index is 13.2. The van der Waals surface area contributed by atoms with Gasteiger partial charge in [-0.05, 0) is 30.0 Å². The summed E-state index contributed by atoms with van der Waals surface area (Å²) in [5.74, 6) is -1.00. The van der Waals surface area contributed by atoms with Crippen molar-refractivity contribution in [3.63, 3.8) is 0 Å². The van der Waals surface area contributed by atoms with E-state index in [0.29, 0.717) is 24.9 Å². The summed E-state index contributed by atoms with van der Waals surface area (Å²) >= 11 is 0. The molecule has 1 heterocycles. The number of carbonyl (C=O) groups excluding carboxylic acids is 1. The van der Waals surface area contributed by atoms with Gasteiger partial charge < -0.3 is 15.3 Å². The molecule has 2 amide bonds. The van der Waals surface area contributed by atoms with E-state index >= 15 is 0 Å². The summed E-state index contributed by atoms with van der Waals surface area (Å²) in [7, 11) is 0. The predicted molar refractivity (Wildman–Crippen MR) is 72.3 cm³/mol. The standard InChI is InChI=1S/C14H17FN2O3/c1-8-6-17(7-9(8)2)14(20)16-12-5-10(15)3-4-11(12)13(18)19/h3-5,8-9H,6-7H2,1-2H3,(H,16,20)(H,18,19). The number of carboxylic acids is 1. The van der Waals surface area contributed by atoms with Crippen molar-refractivity contribution in [2.45, 2.75) is 13.8 Å². The Morgan fingerprint density at radius 3 is 2.45 bits per heavy atom. The number of carbonyl (C=O) groups is 2. The van der Waals surface area contributed by atoms with E-state index in [1.807, 2.05) is 0 Å². The first-order chi connectivity index (χ1) is 9.38. The monoisotopic (exact) mass is 280 g/mol. The van der Waals surface area contributed by atoms with E-state index in [9.17, 15) is 14.0 Å². The van der Waals surface area contributed by atoms with Gasteiger partial charge in [0.05, 0.1) is 11.3 Å². The fourth-order valence-corrected chi connectivity index (χ4v) is 2.30. The summed E-state index contributed by atoms with van der Waals surface area (Å²) in [6, 6.07) is 2.82. The van der Waals surface area contributed by atoms with E-state index < -0.39 is 17.8 Å². The molecule has 0 spiro atoms. The third-order valence-corrected chi connectivity index (χ3v) is 3.73.